The first-order valence-corrected chi connectivity index (χ1v) is 6.57. The molecule has 1 aromatic heterocycles. The average molecular weight is 273 g/mol. The summed E-state index contributed by atoms with van der Waals surface area (Å²) in [5.74, 6) is 0.0869. The summed E-state index contributed by atoms with van der Waals surface area (Å²) in [7, 11) is 0. The molecule has 20 heavy (non-hydrogen) atoms. The summed E-state index contributed by atoms with van der Waals surface area (Å²) in [4.78, 5) is 19.6. The van der Waals surface area contributed by atoms with Gasteiger partial charge in [0.25, 0.3) is 0 Å². The molecule has 1 unspecified atom stereocenters. The molecule has 5 heteroatoms. The number of nitrogens with one attached hydrogen (secondary N) is 2. The molecule has 1 aromatic carbocycles. The van der Waals surface area contributed by atoms with Crippen LogP contribution in [0.25, 0.3) is 0 Å². The average Bonchev–Trinajstić information content (AvgIpc) is 2.77. The molecule has 0 saturated heterocycles. The third-order valence-corrected chi connectivity index (χ3v) is 3.24. The number of hydrogen-bond donors (Lipinski definition) is 3. The first-order valence-electron chi connectivity index (χ1n) is 6.57. The van der Waals surface area contributed by atoms with Crippen molar-refractivity contribution in [1.82, 2.24) is 15.3 Å². The molecule has 0 aliphatic heterocycles. The van der Waals surface area contributed by atoms with Gasteiger partial charge in [-0.3, -0.25) is 4.79 Å². The number of nitrogens with zero attached hydrogens (tertiary/aromatic N) is 1. The summed E-state index contributed by atoms with van der Waals surface area (Å²) >= 11 is 0. The summed E-state index contributed by atoms with van der Waals surface area (Å²) in [5.41, 5.74) is 2.58. The second-order valence-electron chi connectivity index (χ2n) is 4.76. The van der Waals surface area contributed by atoms with E-state index in [0.717, 1.165) is 22.8 Å². The number of H-pyrrole nitrogens is 1. The molecule has 0 spiro atoms. The Morgan fingerprint density at radius 3 is 2.60 bits per heavy atom. The van der Waals surface area contributed by atoms with Crippen LogP contribution in [0.15, 0.2) is 30.3 Å². The second-order valence-corrected chi connectivity index (χ2v) is 4.76. The summed E-state index contributed by atoms with van der Waals surface area (Å²) < 4.78 is 0. The first kappa shape index (κ1) is 14.3. The van der Waals surface area contributed by atoms with Crippen molar-refractivity contribution in [3.05, 3.63) is 53.1 Å². The summed E-state index contributed by atoms with van der Waals surface area (Å²) in [6.07, 6.45) is 0. The van der Waals surface area contributed by atoms with E-state index >= 15 is 0 Å². The molecule has 1 heterocycles. The predicted molar refractivity (Wildman–Crippen MR) is 76.2 cm³/mol. The highest BCUT2D eigenvalue weighted by Gasteiger charge is 2.19. The zero-order chi connectivity index (χ0) is 14.5. The van der Waals surface area contributed by atoms with E-state index in [4.69, 9.17) is 0 Å². The first-order chi connectivity index (χ1) is 9.61. The summed E-state index contributed by atoms with van der Waals surface area (Å²) in [6.45, 7) is 3.94. The lowest BCUT2D eigenvalue weighted by atomic mass is 9.99. The van der Waals surface area contributed by atoms with Crippen LogP contribution in [-0.4, -0.2) is 27.6 Å². The van der Waals surface area contributed by atoms with Crippen LogP contribution in [0.2, 0.25) is 0 Å². The minimum Gasteiger partial charge on any atom is -0.395 e. The lowest BCUT2D eigenvalue weighted by Crippen LogP contribution is -2.31. The van der Waals surface area contributed by atoms with Crippen LogP contribution in [0, 0.1) is 13.8 Å². The maximum Gasteiger partial charge on any atom is 0.230 e. The molecule has 0 aliphatic rings. The third-order valence-electron chi connectivity index (χ3n) is 3.24. The van der Waals surface area contributed by atoms with Crippen molar-refractivity contribution in [2.45, 2.75) is 26.3 Å². The molecule has 1 amide bonds. The maximum atomic E-state index is 12.2. The van der Waals surface area contributed by atoms with Crippen LogP contribution in [0.3, 0.4) is 0 Å². The molecule has 106 valence electrons. The quantitative estimate of drug-likeness (QED) is 0.771. The Labute approximate surface area is 118 Å². The number of carbonyl (C=O) groups excluding carboxylic acids is 1. The van der Waals surface area contributed by atoms with E-state index in [9.17, 15) is 9.90 Å². The van der Waals surface area contributed by atoms with Crippen LogP contribution in [0.4, 0.5) is 0 Å². The van der Waals surface area contributed by atoms with Crippen molar-refractivity contribution < 1.29 is 9.90 Å². The zero-order valence-corrected chi connectivity index (χ0v) is 11.7. The fourth-order valence-electron chi connectivity index (χ4n) is 2.15. The van der Waals surface area contributed by atoms with Gasteiger partial charge >= 0.3 is 0 Å². The van der Waals surface area contributed by atoms with E-state index in [1.165, 1.54) is 0 Å². The van der Waals surface area contributed by atoms with Crippen LogP contribution in [0.5, 0.6) is 0 Å². The van der Waals surface area contributed by atoms with Gasteiger partial charge in [-0.05, 0) is 19.4 Å². The number of carbonyl (C=O) groups is 1. The minimum atomic E-state index is -0.545. The van der Waals surface area contributed by atoms with Crippen molar-refractivity contribution in [3.63, 3.8) is 0 Å². The van der Waals surface area contributed by atoms with Gasteiger partial charge in [0.1, 0.15) is 5.82 Å². The van der Waals surface area contributed by atoms with Crippen molar-refractivity contribution >= 4 is 5.91 Å². The van der Waals surface area contributed by atoms with E-state index in [1.54, 1.807) is 0 Å². The predicted octanol–water partition coefficient (Wildman–Crippen LogP) is 1.42. The molecule has 5 nitrogen and oxygen atoms in total. The SMILES string of the molecule is Cc1nc(CNC(=O)C(CO)c2ccccc2)c(C)[nH]1. The van der Waals surface area contributed by atoms with Crippen molar-refractivity contribution in [1.29, 1.82) is 0 Å². The summed E-state index contributed by atoms with van der Waals surface area (Å²) in [5, 5.41) is 12.2. The highest BCUT2D eigenvalue weighted by Crippen LogP contribution is 2.15. The fourth-order valence-corrected chi connectivity index (χ4v) is 2.15. The van der Waals surface area contributed by atoms with Crippen LogP contribution >= 0.6 is 0 Å². The Balaban J connectivity index is 2.02. The van der Waals surface area contributed by atoms with Gasteiger partial charge in [0.05, 0.1) is 24.8 Å². The van der Waals surface area contributed by atoms with Crippen molar-refractivity contribution in [2.24, 2.45) is 0 Å². The van der Waals surface area contributed by atoms with Gasteiger partial charge < -0.3 is 15.4 Å². The number of aliphatic hydroxyl groups is 1. The second kappa shape index (κ2) is 6.34. The number of benzene rings is 1. The van der Waals surface area contributed by atoms with Gasteiger partial charge in [-0.15, -0.1) is 0 Å². The number of aliphatic hydroxyl groups excluding tert-OH is 1. The molecule has 0 aliphatic carbocycles. The molecule has 0 fully saturated rings. The topological polar surface area (TPSA) is 78.0 Å². The molecule has 3 N–H and O–H groups in total. The van der Waals surface area contributed by atoms with Gasteiger partial charge in [-0.1, -0.05) is 30.3 Å². The molecular weight excluding hydrogens is 254 g/mol. The number of rotatable bonds is 5. The van der Waals surface area contributed by atoms with Crippen molar-refractivity contribution in [3.8, 4) is 0 Å². The molecule has 0 saturated carbocycles. The number of amides is 1. The van der Waals surface area contributed by atoms with E-state index in [0.29, 0.717) is 6.54 Å². The number of aromatic amines is 1. The molecule has 2 rings (SSSR count). The van der Waals surface area contributed by atoms with Crippen LogP contribution in [-0.2, 0) is 11.3 Å². The Bertz CT molecular complexity index is 578. The maximum absolute atomic E-state index is 12.2. The number of aryl methyl sites for hydroxylation is 2. The fraction of sp³-hybridized carbons (Fsp3) is 0.333. The van der Waals surface area contributed by atoms with E-state index in [2.05, 4.69) is 15.3 Å². The zero-order valence-electron chi connectivity index (χ0n) is 11.7. The molecule has 1 atom stereocenters. The van der Waals surface area contributed by atoms with Gasteiger partial charge in [0, 0.05) is 5.69 Å². The highest BCUT2D eigenvalue weighted by molar-refractivity contribution is 5.83. The highest BCUT2D eigenvalue weighted by atomic mass is 16.3. The number of imidazole rings is 1. The smallest absolute Gasteiger partial charge is 0.230 e. The third kappa shape index (κ3) is 3.24. The Hall–Kier alpha value is -2.14. The Morgan fingerprint density at radius 1 is 1.35 bits per heavy atom. The van der Waals surface area contributed by atoms with E-state index in [-0.39, 0.29) is 12.5 Å². The summed E-state index contributed by atoms with van der Waals surface area (Å²) in [6, 6.07) is 9.26. The standard InChI is InChI=1S/C15H19N3O2/c1-10-14(18-11(2)17-10)8-16-15(20)13(9-19)12-6-4-3-5-7-12/h3-7,13,19H,8-9H2,1-2H3,(H,16,20)(H,17,18). The van der Waals surface area contributed by atoms with Crippen LogP contribution < -0.4 is 5.32 Å². The number of aromatic nitrogens is 2. The molecule has 2 aromatic rings. The van der Waals surface area contributed by atoms with E-state index < -0.39 is 5.92 Å². The normalized spacial score (nSPS) is 12.2. The van der Waals surface area contributed by atoms with Gasteiger partial charge in [0.15, 0.2) is 0 Å². The lowest BCUT2D eigenvalue weighted by Gasteiger charge is -2.14. The minimum absolute atomic E-state index is 0.196. The van der Waals surface area contributed by atoms with E-state index in [1.807, 2.05) is 44.2 Å². The Kier molecular flexibility index (Phi) is 4.53. The van der Waals surface area contributed by atoms with Crippen LogP contribution in [0.1, 0.15) is 28.7 Å². The molecule has 0 radical (unpaired) electrons. The Morgan fingerprint density at radius 2 is 2.05 bits per heavy atom. The monoisotopic (exact) mass is 273 g/mol. The van der Waals surface area contributed by atoms with Gasteiger partial charge in [-0.2, -0.15) is 0 Å². The molecular formula is C15H19N3O2. The molecule has 0 bridgehead atoms. The largest absolute Gasteiger partial charge is 0.395 e. The van der Waals surface area contributed by atoms with Crippen molar-refractivity contribution in [2.75, 3.05) is 6.61 Å². The van der Waals surface area contributed by atoms with Gasteiger partial charge in [-0.25, -0.2) is 4.98 Å². The van der Waals surface area contributed by atoms with Gasteiger partial charge in [0.2, 0.25) is 5.91 Å². The lowest BCUT2D eigenvalue weighted by molar-refractivity contribution is -0.123. The number of hydrogen-bond acceptors (Lipinski definition) is 3.